The summed E-state index contributed by atoms with van der Waals surface area (Å²) in [5.41, 5.74) is 2.87. The molecule has 0 bridgehead atoms. The highest BCUT2D eigenvalue weighted by Crippen LogP contribution is 2.32. The first-order valence-electron chi connectivity index (χ1n) is 5.46. The van der Waals surface area contributed by atoms with Crippen molar-refractivity contribution in [2.45, 2.75) is 18.6 Å². The van der Waals surface area contributed by atoms with Gasteiger partial charge >= 0.3 is 0 Å². The molecule has 0 fully saturated rings. The molecule has 0 amide bonds. The number of hydrogen-bond donors (Lipinski definition) is 0. The maximum atomic E-state index is 11.1. The van der Waals surface area contributed by atoms with Crippen molar-refractivity contribution in [3.05, 3.63) is 46.9 Å². The molecule has 3 nitrogen and oxygen atoms in total. The quantitative estimate of drug-likeness (QED) is 0.515. The van der Waals surface area contributed by atoms with Gasteiger partial charge in [-0.1, -0.05) is 30.0 Å². The van der Waals surface area contributed by atoms with Gasteiger partial charge in [0.2, 0.25) is 0 Å². The van der Waals surface area contributed by atoms with Crippen molar-refractivity contribution in [3.63, 3.8) is 0 Å². The monoisotopic (exact) mass is 246 g/mol. The Morgan fingerprint density at radius 3 is 2.35 bits per heavy atom. The highest BCUT2D eigenvalue weighted by atomic mass is 32.2. The maximum absolute atomic E-state index is 11.1. The van der Waals surface area contributed by atoms with E-state index in [1.807, 2.05) is 13.2 Å². The van der Waals surface area contributed by atoms with Gasteiger partial charge in [-0.05, 0) is 30.4 Å². The molecule has 0 aromatic carbocycles. The van der Waals surface area contributed by atoms with Crippen LogP contribution in [-0.2, 0) is 6.54 Å². The lowest BCUT2D eigenvalue weighted by atomic mass is 10.6. The van der Waals surface area contributed by atoms with Crippen LogP contribution in [0.15, 0.2) is 46.5 Å². The summed E-state index contributed by atoms with van der Waals surface area (Å²) in [4.78, 5) is 15.2. The topological polar surface area (TPSA) is 34.9 Å². The van der Waals surface area contributed by atoms with Gasteiger partial charge in [0.1, 0.15) is 0 Å². The number of hydrogen-bond acceptors (Lipinski definition) is 3. The van der Waals surface area contributed by atoms with E-state index >= 15 is 0 Å². The number of thioether (sulfide) groups is 1. The zero-order chi connectivity index (χ0) is 12.3. The SMILES string of the molecule is CCn1c(SC)nccc1=O.c1cc2cc-2c1. The Morgan fingerprint density at radius 1 is 1.29 bits per heavy atom. The van der Waals surface area contributed by atoms with Gasteiger partial charge in [0, 0.05) is 18.8 Å². The zero-order valence-corrected chi connectivity index (χ0v) is 10.7. The minimum Gasteiger partial charge on any atom is -0.288 e. The molecule has 17 heavy (non-hydrogen) atoms. The van der Waals surface area contributed by atoms with E-state index in [9.17, 15) is 4.79 Å². The molecular formula is C13H14N2OS. The Labute approximate surface area is 105 Å². The molecule has 0 radical (unpaired) electrons. The first-order chi connectivity index (χ1) is 8.26. The normalized spacial score (nSPS) is 10.5. The first kappa shape index (κ1) is 11.9. The lowest BCUT2D eigenvalue weighted by Crippen LogP contribution is -2.20. The lowest BCUT2D eigenvalue weighted by molar-refractivity contribution is 0.623. The zero-order valence-electron chi connectivity index (χ0n) is 9.88. The maximum Gasteiger partial charge on any atom is 0.254 e. The molecule has 2 aliphatic rings. The highest BCUT2D eigenvalue weighted by molar-refractivity contribution is 7.98. The predicted molar refractivity (Wildman–Crippen MR) is 71.4 cm³/mol. The molecule has 1 aromatic heterocycles. The predicted octanol–water partition coefficient (Wildman–Crippen LogP) is 2.65. The summed E-state index contributed by atoms with van der Waals surface area (Å²) in [7, 11) is 0. The Hall–Kier alpha value is -1.55. The summed E-state index contributed by atoms with van der Waals surface area (Å²) in [6.45, 7) is 2.62. The van der Waals surface area contributed by atoms with Crippen LogP contribution < -0.4 is 5.56 Å². The summed E-state index contributed by atoms with van der Waals surface area (Å²) < 4.78 is 1.64. The fourth-order valence-corrected chi connectivity index (χ4v) is 2.15. The van der Waals surface area contributed by atoms with Crippen LogP contribution in [0.25, 0.3) is 11.1 Å². The number of rotatable bonds is 2. The molecule has 4 heteroatoms. The first-order valence-corrected chi connectivity index (χ1v) is 6.69. The molecule has 2 aliphatic carbocycles. The van der Waals surface area contributed by atoms with E-state index in [1.54, 1.807) is 10.8 Å². The summed E-state index contributed by atoms with van der Waals surface area (Å²) >= 11 is 1.49. The summed E-state index contributed by atoms with van der Waals surface area (Å²) in [6.07, 6.45) is 3.45. The standard InChI is InChI=1S/C7H10N2OS.C6H4/c1-3-9-6(10)4-5-8-7(9)11-2;1-2-5-4-6(5)3-1/h4-5H,3H2,1-2H3;1-4H. The van der Waals surface area contributed by atoms with E-state index in [4.69, 9.17) is 0 Å². The fourth-order valence-electron chi connectivity index (χ4n) is 1.55. The van der Waals surface area contributed by atoms with Gasteiger partial charge in [0.05, 0.1) is 0 Å². The van der Waals surface area contributed by atoms with Crippen molar-refractivity contribution >= 4 is 11.8 Å². The van der Waals surface area contributed by atoms with Crippen LogP contribution in [0.3, 0.4) is 0 Å². The van der Waals surface area contributed by atoms with Crippen LogP contribution in [0.4, 0.5) is 0 Å². The molecule has 88 valence electrons. The van der Waals surface area contributed by atoms with Gasteiger partial charge in [-0.15, -0.1) is 0 Å². The van der Waals surface area contributed by atoms with Crippen LogP contribution in [0.1, 0.15) is 6.92 Å². The third-order valence-corrected chi connectivity index (χ3v) is 3.20. The van der Waals surface area contributed by atoms with E-state index in [2.05, 4.69) is 29.2 Å². The van der Waals surface area contributed by atoms with Crippen LogP contribution >= 0.6 is 11.8 Å². The average molecular weight is 246 g/mol. The van der Waals surface area contributed by atoms with E-state index in [0.717, 1.165) is 5.16 Å². The van der Waals surface area contributed by atoms with E-state index in [-0.39, 0.29) is 5.56 Å². The smallest absolute Gasteiger partial charge is 0.254 e. The van der Waals surface area contributed by atoms with Crippen molar-refractivity contribution in [1.29, 1.82) is 0 Å². The summed E-state index contributed by atoms with van der Waals surface area (Å²) in [5, 5.41) is 0.778. The third-order valence-electron chi connectivity index (χ3n) is 2.51. The minimum atomic E-state index is 0.0202. The van der Waals surface area contributed by atoms with Crippen LogP contribution in [-0.4, -0.2) is 15.8 Å². The van der Waals surface area contributed by atoms with Crippen molar-refractivity contribution < 1.29 is 0 Å². The molecule has 1 aromatic rings. The average Bonchev–Trinajstić information content (AvgIpc) is 2.96. The van der Waals surface area contributed by atoms with Crippen molar-refractivity contribution in [2.75, 3.05) is 6.26 Å². The molecule has 0 unspecified atom stereocenters. The number of nitrogens with zero attached hydrogens (tertiary/aromatic N) is 2. The Kier molecular flexibility index (Phi) is 3.64. The molecule has 0 atom stereocenters. The van der Waals surface area contributed by atoms with Gasteiger partial charge < -0.3 is 0 Å². The summed E-state index contributed by atoms with van der Waals surface area (Å²) in [6, 6.07) is 9.96. The van der Waals surface area contributed by atoms with Crippen molar-refractivity contribution in [1.82, 2.24) is 9.55 Å². The van der Waals surface area contributed by atoms with Gasteiger partial charge in [-0.25, -0.2) is 4.98 Å². The van der Waals surface area contributed by atoms with Gasteiger partial charge in [0.15, 0.2) is 5.16 Å². The molecule has 3 rings (SSSR count). The Bertz CT molecular complexity index is 560. The molecular weight excluding hydrogens is 232 g/mol. The number of benzene rings is 1. The van der Waals surface area contributed by atoms with E-state index in [0.29, 0.717) is 6.54 Å². The number of aromatic nitrogens is 2. The van der Waals surface area contributed by atoms with Gasteiger partial charge in [0.25, 0.3) is 5.56 Å². The summed E-state index contributed by atoms with van der Waals surface area (Å²) in [5.74, 6) is 0. The third kappa shape index (κ3) is 2.77. The van der Waals surface area contributed by atoms with E-state index < -0.39 is 0 Å². The van der Waals surface area contributed by atoms with Crippen LogP contribution in [0.5, 0.6) is 0 Å². The molecule has 1 heterocycles. The molecule has 0 aliphatic heterocycles. The Balaban J connectivity index is 0.000000148. The fraction of sp³-hybridized carbons (Fsp3) is 0.231. The van der Waals surface area contributed by atoms with Crippen LogP contribution in [0.2, 0.25) is 0 Å². The largest absolute Gasteiger partial charge is 0.288 e. The lowest BCUT2D eigenvalue weighted by Gasteiger charge is -2.04. The molecule has 0 spiro atoms. The second kappa shape index (κ2) is 5.19. The Morgan fingerprint density at radius 2 is 2.00 bits per heavy atom. The van der Waals surface area contributed by atoms with Gasteiger partial charge in [-0.3, -0.25) is 9.36 Å². The van der Waals surface area contributed by atoms with Crippen LogP contribution in [0, 0.1) is 0 Å². The highest BCUT2D eigenvalue weighted by Gasteiger charge is 2.06. The molecule has 0 saturated carbocycles. The molecule has 0 saturated heterocycles. The number of fused-ring (bicyclic) bond motifs is 1. The van der Waals surface area contributed by atoms with E-state index in [1.165, 1.54) is 29.0 Å². The van der Waals surface area contributed by atoms with Crippen molar-refractivity contribution in [2.24, 2.45) is 0 Å². The second-order valence-corrected chi connectivity index (χ2v) is 4.37. The van der Waals surface area contributed by atoms with Crippen molar-refractivity contribution in [3.8, 4) is 11.1 Å². The second-order valence-electron chi connectivity index (χ2n) is 3.59. The molecule has 0 N–H and O–H groups in total. The van der Waals surface area contributed by atoms with Gasteiger partial charge in [-0.2, -0.15) is 0 Å². The minimum absolute atomic E-state index is 0.0202.